The summed E-state index contributed by atoms with van der Waals surface area (Å²) in [6, 6.07) is 6.21. The van der Waals surface area contributed by atoms with Gasteiger partial charge < -0.3 is 4.74 Å². The number of hydrogen-bond donors (Lipinski definition) is 0. The van der Waals surface area contributed by atoms with Crippen LogP contribution in [-0.2, 0) is 17.7 Å². The molecular formula is C13H18ClNO. The molecule has 1 aromatic carbocycles. The van der Waals surface area contributed by atoms with Gasteiger partial charge in [0.05, 0.1) is 13.2 Å². The summed E-state index contributed by atoms with van der Waals surface area (Å²) >= 11 is 6.05. The molecule has 1 saturated heterocycles. The molecule has 1 aromatic rings. The molecule has 2 nitrogen and oxygen atoms in total. The van der Waals surface area contributed by atoms with Crippen LogP contribution in [-0.4, -0.2) is 31.2 Å². The standard InChI is InChI=1S/C13H18ClNO/c1-2-11-3-4-13(14)9-12(11)10-15-5-7-16-8-6-15/h3-4,9H,2,5-8,10H2,1H3. The Kier molecular flexibility index (Phi) is 4.22. The molecule has 1 fully saturated rings. The number of ether oxygens (including phenoxy) is 1. The van der Waals surface area contributed by atoms with Crippen LogP contribution in [0.1, 0.15) is 18.1 Å². The van der Waals surface area contributed by atoms with Gasteiger partial charge in [-0.05, 0) is 29.7 Å². The van der Waals surface area contributed by atoms with Crippen LogP contribution in [0.15, 0.2) is 18.2 Å². The molecule has 0 aliphatic carbocycles. The first kappa shape index (κ1) is 11.9. The Morgan fingerprint density at radius 3 is 2.69 bits per heavy atom. The molecule has 1 aliphatic rings. The van der Waals surface area contributed by atoms with E-state index in [0.29, 0.717) is 0 Å². The molecule has 2 rings (SSSR count). The van der Waals surface area contributed by atoms with Gasteiger partial charge in [-0.2, -0.15) is 0 Å². The highest BCUT2D eigenvalue weighted by Crippen LogP contribution is 2.18. The van der Waals surface area contributed by atoms with Gasteiger partial charge in [-0.1, -0.05) is 24.6 Å². The molecule has 16 heavy (non-hydrogen) atoms. The van der Waals surface area contributed by atoms with E-state index in [2.05, 4.69) is 24.0 Å². The molecule has 0 aromatic heterocycles. The highest BCUT2D eigenvalue weighted by molar-refractivity contribution is 6.30. The van der Waals surface area contributed by atoms with Gasteiger partial charge in [0.25, 0.3) is 0 Å². The second kappa shape index (κ2) is 5.67. The van der Waals surface area contributed by atoms with Gasteiger partial charge in [-0.3, -0.25) is 4.90 Å². The topological polar surface area (TPSA) is 12.5 Å². The van der Waals surface area contributed by atoms with E-state index in [9.17, 15) is 0 Å². The van der Waals surface area contributed by atoms with Crippen molar-refractivity contribution in [2.75, 3.05) is 26.3 Å². The second-order valence-corrected chi connectivity index (χ2v) is 4.59. The number of benzene rings is 1. The number of morpholine rings is 1. The van der Waals surface area contributed by atoms with Crippen LogP contribution in [0.2, 0.25) is 5.02 Å². The predicted molar refractivity (Wildman–Crippen MR) is 66.9 cm³/mol. The van der Waals surface area contributed by atoms with Crippen LogP contribution in [0.4, 0.5) is 0 Å². The average Bonchev–Trinajstić information content (AvgIpc) is 2.31. The third-order valence-corrected chi connectivity index (χ3v) is 3.28. The number of nitrogens with zero attached hydrogens (tertiary/aromatic N) is 1. The van der Waals surface area contributed by atoms with E-state index in [1.165, 1.54) is 11.1 Å². The molecule has 88 valence electrons. The van der Waals surface area contributed by atoms with E-state index in [1.54, 1.807) is 0 Å². The van der Waals surface area contributed by atoms with E-state index < -0.39 is 0 Å². The minimum absolute atomic E-state index is 0.834. The third kappa shape index (κ3) is 2.97. The van der Waals surface area contributed by atoms with Crippen LogP contribution in [0.3, 0.4) is 0 Å². The lowest BCUT2D eigenvalue weighted by Crippen LogP contribution is -2.35. The molecule has 1 heterocycles. The Balaban J connectivity index is 2.09. The first-order chi connectivity index (χ1) is 7.79. The quantitative estimate of drug-likeness (QED) is 0.804. The van der Waals surface area contributed by atoms with E-state index in [0.717, 1.165) is 44.3 Å². The minimum Gasteiger partial charge on any atom is -0.379 e. The summed E-state index contributed by atoms with van der Waals surface area (Å²) in [5.74, 6) is 0. The zero-order valence-electron chi connectivity index (χ0n) is 9.71. The van der Waals surface area contributed by atoms with Crippen molar-refractivity contribution >= 4 is 11.6 Å². The van der Waals surface area contributed by atoms with Crippen molar-refractivity contribution in [3.8, 4) is 0 Å². The molecule has 0 saturated carbocycles. The van der Waals surface area contributed by atoms with Crippen molar-refractivity contribution in [2.45, 2.75) is 19.9 Å². The van der Waals surface area contributed by atoms with Crippen molar-refractivity contribution in [3.05, 3.63) is 34.3 Å². The molecule has 0 atom stereocenters. The summed E-state index contributed by atoms with van der Waals surface area (Å²) in [4.78, 5) is 2.42. The van der Waals surface area contributed by atoms with Crippen molar-refractivity contribution < 1.29 is 4.74 Å². The average molecular weight is 240 g/mol. The Morgan fingerprint density at radius 2 is 2.00 bits per heavy atom. The highest BCUT2D eigenvalue weighted by Gasteiger charge is 2.12. The third-order valence-electron chi connectivity index (χ3n) is 3.05. The number of rotatable bonds is 3. The first-order valence-corrected chi connectivity index (χ1v) is 6.25. The van der Waals surface area contributed by atoms with E-state index in [4.69, 9.17) is 16.3 Å². The van der Waals surface area contributed by atoms with E-state index in [1.807, 2.05) is 6.07 Å². The maximum atomic E-state index is 6.05. The van der Waals surface area contributed by atoms with Crippen LogP contribution in [0.25, 0.3) is 0 Å². The molecule has 0 radical (unpaired) electrons. The maximum absolute atomic E-state index is 6.05. The molecule has 0 spiro atoms. The number of aryl methyl sites for hydroxylation is 1. The highest BCUT2D eigenvalue weighted by atomic mass is 35.5. The first-order valence-electron chi connectivity index (χ1n) is 5.87. The van der Waals surface area contributed by atoms with Gasteiger partial charge in [0.15, 0.2) is 0 Å². The fraction of sp³-hybridized carbons (Fsp3) is 0.538. The lowest BCUT2D eigenvalue weighted by Gasteiger charge is -2.27. The van der Waals surface area contributed by atoms with Gasteiger partial charge in [0, 0.05) is 24.7 Å². The number of halogens is 1. The predicted octanol–water partition coefficient (Wildman–Crippen LogP) is 2.73. The smallest absolute Gasteiger partial charge is 0.0594 e. The molecular weight excluding hydrogens is 222 g/mol. The maximum Gasteiger partial charge on any atom is 0.0594 e. The van der Waals surface area contributed by atoms with Gasteiger partial charge in [-0.25, -0.2) is 0 Å². The lowest BCUT2D eigenvalue weighted by molar-refractivity contribution is 0.0341. The van der Waals surface area contributed by atoms with Gasteiger partial charge in [-0.15, -0.1) is 0 Å². The fourth-order valence-electron chi connectivity index (χ4n) is 2.09. The monoisotopic (exact) mass is 239 g/mol. The van der Waals surface area contributed by atoms with Gasteiger partial charge in [0.1, 0.15) is 0 Å². The van der Waals surface area contributed by atoms with E-state index in [-0.39, 0.29) is 0 Å². The zero-order chi connectivity index (χ0) is 11.4. The van der Waals surface area contributed by atoms with Crippen LogP contribution >= 0.6 is 11.6 Å². The second-order valence-electron chi connectivity index (χ2n) is 4.16. The van der Waals surface area contributed by atoms with Crippen LogP contribution < -0.4 is 0 Å². The lowest BCUT2D eigenvalue weighted by atomic mass is 10.0. The molecule has 0 unspecified atom stereocenters. The van der Waals surface area contributed by atoms with E-state index >= 15 is 0 Å². The summed E-state index contributed by atoms with van der Waals surface area (Å²) in [5.41, 5.74) is 2.76. The molecule has 3 heteroatoms. The summed E-state index contributed by atoms with van der Waals surface area (Å²) in [6.45, 7) is 6.93. The fourth-order valence-corrected chi connectivity index (χ4v) is 2.28. The normalized spacial score (nSPS) is 17.6. The summed E-state index contributed by atoms with van der Waals surface area (Å²) in [6.07, 6.45) is 1.07. The van der Waals surface area contributed by atoms with Crippen LogP contribution in [0.5, 0.6) is 0 Å². The summed E-state index contributed by atoms with van der Waals surface area (Å²) < 4.78 is 5.35. The Labute approximate surface area is 102 Å². The van der Waals surface area contributed by atoms with Crippen molar-refractivity contribution in [3.63, 3.8) is 0 Å². The molecule has 0 bridgehead atoms. The SMILES string of the molecule is CCc1ccc(Cl)cc1CN1CCOCC1. The Hall–Kier alpha value is -0.570. The van der Waals surface area contributed by atoms with Crippen molar-refractivity contribution in [2.24, 2.45) is 0 Å². The van der Waals surface area contributed by atoms with Crippen molar-refractivity contribution in [1.82, 2.24) is 4.90 Å². The molecule has 1 aliphatic heterocycles. The largest absolute Gasteiger partial charge is 0.379 e. The van der Waals surface area contributed by atoms with Crippen LogP contribution in [0, 0.1) is 0 Å². The van der Waals surface area contributed by atoms with Gasteiger partial charge in [0.2, 0.25) is 0 Å². The summed E-state index contributed by atoms with van der Waals surface area (Å²) in [7, 11) is 0. The number of hydrogen-bond acceptors (Lipinski definition) is 2. The summed E-state index contributed by atoms with van der Waals surface area (Å²) in [5, 5.41) is 0.834. The Bertz CT molecular complexity index is 348. The minimum atomic E-state index is 0.834. The van der Waals surface area contributed by atoms with Gasteiger partial charge >= 0.3 is 0 Å². The molecule has 0 N–H and O–H groups in total. The molecule has 0 amide bonds. The van der Waals surface area contributed by atoms with Crippen molar-refractivity contribution in [1.29, 1.82) is 0 Å². The zero-order valence-corrected chi connectivity index (χ0v) is 10.5. The Morgan fingerprint density at radius 1 is 1.25 bits per heavy atom.